The molecule has 2 rings (SSSR count). The van der Waals surface area contributed by atoms with Crippen LogP contribution in [0.15, 0.2) is 17.5 Å². The third-order valence-electron chi connectivity index (χ3n) is 3.73. The number of aliphatic hydroxyl groups is 1. The average molecular weight is 267 g/mol. The Kier molecular flexibility index (Phi) is 5.22. The molecule has 2 N–H and O–H groups in total. The van der Waals surface area contributed by atoms with Crippen molar-refractivity contribution in [3.8, 4) is 0 Å². The van der Waals surface area contributed by atoms with Crippen molar-refractivity contribution in [3.05, 3.63) is 22.4 Å². The van der Waals surface area contributed by atoms with E-state index in [1.807, 2.05) is 11.3 Å². The lowest BCUT2D eigenvalue weighted by Crippen LogP contribution is -2.37. The van der Waals surface area contributed by atoms with E-state index in [0.29, 0.717) is 18.0 Å². The average Bonchev–Trinajstić information content (AvgIpc) is 2.84. The minimum Gasteiger partial charge on any atom is -0.393 e. The van der Waals surface area contributed by atoms with Crippen LogP contribution in [0.4, 0.5) is 0 Å². The molecule has 1 unspecified atom stereocenters. The number of nitrogens with one attached hydrogen (secondary N) is 1. The monoisotopic (exact) mass is 267 g/mol. The fourth-order valence-corrected chi connectivity index (χ4v) is 3.55. The Bertz CT molecular complexity index is 328. The highest BCUT2D eigenvalue weighted by Crippen LogP contribution is 2.28. The molecule has 0 radical (unpaired) electrons. The molecule has 0 saturated heterocycles. The highest BCUT2D eigenvalue weighted by molar-refractivity contribution is 7.10. The van der Waals surface area contributed by atoms with Crippen LogP contribution in [0.3, 0.4) is 0 Å². The molecule has 102 valence electrons. The molecule has 18 heavy (non-hydrogen) atoms. The predicted molar refractivity (Wildman–Crippen MR) is 77.9 cm³/mol. The Balaban J connectivity index is 1.93. The van der Waals surface area contributed by atoms with E-state index in [0.717, 1.165) is 25.7 Å². The number of thiophene rings is 1. The van der Waals surface area contributed by atoms with Crippen molar-refractivity contribution in [3.63, 3.8) is 0 Å². The summed E-state index contributed by atoms with van der Waals surface area (Å²) in [5.41, 5.74) is 0. The molecule has 1 fully saturated rings. The van der Waals surface area contributed by atoms with Crippen LogP contribution in [0.2, 0.25) is 0 Å². The zero-order valence-electron chi connectivity index (χ0n) is 11.4. The molecule has 1 aromatic rings. The number of aliphatic hydroxyl groups excluding tert-OH is 1. The van der Waals surface area contributed by atoms with E-state index in [1.54, 1.807) is 0 Å². The third-order valence-corrected chi connectivity index (χ3v) is 4.71. The minimum absolute atomic E-state index is 0.0617. The highest BCUT2D eigenvalue weighted by atomic mass is 32.1. The van der Waals surface area contributed by atoms with Gasteiger partial charge in [0.2, 0.25) is 0 Å². The summed E-state index contributed by atoms with van der Waals surface area (Å²) in [5, 5.41) is 15.5. The highest BCUT2D eigenvalue weighted by Gasteiger charge is 2.23. The van der Waals surface area contributed by atoms with Crippen molar-refractivity contribution in [1.82, 2.24) is 5.32 Å². The lowest BCUT2D eigenvalue weighted by molar-refractivity contribution is 0.113. The third kappa shape index (κ3) is 4.08. The summed E-state index contributed by atoms with van der Waals surface area (Å²) in [5.74, 6) is 0.707. The van der Waals surface area contributed by atoms with E-state index in [-0.39, 0.29) is 6.10 Å². The molecule has 0 spiro atoms. The second kappa shape index (κ2) is 6.69. The van der Waals surface area contributed by atoms with Crippen molar-refractivity contribution < 1.29 is 5.11 Å². The van der Waals surface area contributed by atoms with Gasteiger partial charge in [-0.15, -0.1) is 11.3 Å². The van der Waals surface area contributed by atoms with Gasteiger partial charge in [-0.1, -0.05) is 19.9 Å². The van der Waals surface area contributed by atoms with E-state index in [9.17, 15) is 5.11 Å². The van der Waals surface area contributed by atoms with Gasteiger partial charge in [0.05, 0.1) is 6.10 Å². The molecule has 3 heteroatoms. The second-order valence-electron chi connectivity index (χ2n) is 5.87. The molecule has 1 aromatic heterocycles. The molecule has 0 amide bonds. The quantitative estimate of drug-likeness (QED) is 0.852. The molecule has 0 aromatic carbocycles. The summed E-state index contributed by atoms with van der Waals surface area (Å²) in [7, 11) is 0. The minimum atomic E-state index is -0.0617. The fraction of sp³-hybridized carbons (Fsp3) is 0.733. The first-order valence-electron chi connectivity index (χ1n) is 7.12. The maximum Gasteiger partial charge on any atom is 0.0541 e. The van der Waals surface area contributed by atoms with Crippen LogP contribution in [0.1, 0.15) is 56.9 Å². The van der Waals surface area contributed by atoms with Gasteiger partial charge < -0.3 is 10.4 Å². The molecule has 1 heterocycles. The summed E-state index contributed by atoms with van der Waals surface area (Å²) >= 11 is 1.85. The van der Waals surface area contributed by atoms with E-state index in [4.69, 9.17) is 0 Å². The van der Waals surface area contributed by atoms with Crippen molar-refractivity contribution in [2.45, 2.75) is 64.1 Å². The van der Waals surface area contributed by atoms with Gasteiger partial charge in [0.25, 0.3) is 0 Å². The maximum atomic E-state index is 9.56. The van der Waals surface area contributed by atoms with Crippen LogP contribution >= 0.6 is 11.3 Å². The molecular weight excluding hydrogens is 242 g/mol. The summed E-state index contributed by atoms with van der Waals surface area (Å²) in [6.07, 6.45) is 5.27. The van der Waals surface area contributed by atoms with E-state index in [2.05, 4.69) is 36.7 Å². The number of hydrogen-bond acceptors (Lipinski definition) is 3. The van der Waals surface area contributed by atoms with Gasteiger partial charge in [0.1, 0.15) is 0 Å². The van der Waals surface area contributed by atoms with E-state index < -0.39 is 0 Å². The number of rotatable bonds is 5. The summed E-state index contributed by atoms with van der Waals surface area (Å²) in [6, 6.07) is 5.45. The van der Waals surface area contributed by atoms with Gasteiger partial charge in [-0.2, -0.15) is 0 Å². The van der Waals surface area contributed by atoms with Gasteiger partial charge in [-0.3, -0.25) is 0 Å². The molecule has 1 aliphatic carbocycles. The van der Waals surface area contributed by atoms with Gasteiger partial charge in [-0.05, 0) is 49.5 Å². The predicted octanol–water partition coefficient (Wildman–Crippen LogP) is 3.73. The van der Waals surface area contributed by atoms with Crippen molar-refractivity contribution in [1.29, 1.82) is 0 Å². The second-order valence-corrected chi connectivity index (χ2v) is 6.85. The summed E-state index contributed by atoms with van der Waals surface area (Å²) in [4.78, 5) is 1.45. The van der Waals surface area contributed by atoms with Crippen molar-refractivity contribution in [2.24, 2.45) is 5.92 Å². The zero-order valence-corrected chi connectivity index (χ0v) is 12.2. The lowest BCUT2D eigenvalue weighted by Gasteiger charge is -2.31. The number of hydrogen-bond donors (Lipinski definition) is 2. The molecule has 1 saturated carbocycles. The van der Waals surface area contributed by atoms with Crippen LogP contribution in [-0.2, 0) is 0 Å². The normalized spacial score (nSPS) is 26.4. The first-order chi connectivity index (χ1) is 8.65. The van der Waals surface area contributed by atoms with Crippen LogP contribution in [-0.4, -0.2) is 17.3 Å². The molecular formula is C15H25NOS. The smallest absolute Gasteiger partial charge is 0.0541 e. The standard InChI is InChI=1S/C15H25NOS/c1-11(2)10-14(15-4-3-9-18-15)16-12-5-7-13(17)8-6-12/h3-4,9,11-14,16-17H,5-8,10H2,1-2H3. The Morgan fingerprint density at radius 3 is 2.61 bits per heavy atom. The van der Waals surface area contributed by atoms with Gasteiger partial charge in [-0.25, -0.2) is 0 Å². The fourth-order valence-electron chi connectivity index (χ4n) is 2.75. The SMILES string of the molecule is CC(C)CC(NC1CCC(O)CC1)c1cccs1. The molecule has 1 atom stereocenters. The Morgan fingerprint density at radius 1 is 1.33 bits per heavy atom. The van der Waals surface area contributed by atoms with Crippen molar-refractivity contribution >= 4 is 11.3 Å². The van der Waals surface area contributed by atoms with Gasteiger partial charge in [0.15, 0.2) is 0 Å². The molecule has 0 bridgehead atoms. The molecule has 2 nitrogen and oxygen atoms in total. The summed E-state index contributed by atoms with van der Waals surface area (Å²) in [6.45, 7) is 4.57. The van der Waals surface area contributed by atoms with Crippen LogP contribution in [0, 0.1) is 5.92 Å². The van der Waals surface area contributed by atoms with Gasteiger partial charge >= 0.3 is 0 Å². The largest absolute Gasteiger partial charge is 0.393 e. The molecule has 0 aliphatic heterocycles. The first-order valence-corrected chi connectivity index (χ1v) is 8.00. The summed E-state index contributed by atoms with van der Waals surface area (Å²) < 4.78 is 0. The Hall–Kier alpha value is -0.380. The van der Waals surface area contributed by atoms with Crippen LogP contribution < -0.4 is 5.32 Å². The zero-order chi connectivity index (χ0) is 13.0. The van der Waals surface area contributed by atoms with E-state index >= 15 is 0 Å². The van der Waals surface area contributed by atoms with Crippen LogP contribution in [0.25, 0.3) is 0 Å². The van der Waals surface area contributed by atoms with Crippen molar-refractivity contribution in [2.75, 3.05) is 0 Å². The van der Waals surface area contributed by atoms with Gasteiger partial charge in [0, 0.05) is 17.0 Å². The van der Waals surface area contributed by atoms with E-state index in [1.165, 1.54) is 11.3 Å². The first kappa shape index (κ1) is 14.0. The maximum absolute atomic E-state index is 9.56. The lowest BCUT2D eigenvalue weighted by atomic mass is 9.91. The van der Waals surface area contributed by atoms with Crippen LogP contribution in [0.5, 0.6) is 0 Å². The Morgan fingerprint density at radius 2 is 2.06 bits per heavy atom. The Labute approximate surface area is 114 Å². The topological polar surface area (TPSA) is 32.3 Å². The molecule has 1 aliphatic rings.